The van der Waals surface area contributed by atoms with Crippen molar-refractivity contribution in [2.45, 2.75) is 44.0 Å². The zero-order chi connectivity index (χ0) is 22.2. The van der Waals surface area contributed by atoms with E-state index in [-0.39, 0.29) is 30.4 Å². The Labute approximate surface area is 180 Å². The molecule has 31 heavy (non-hydrogen) atoms. The van der Waals surface area contributed by atoms with Crippen LogP contribution >= 0.6 is 0 Å². The van der Waals surface area contributed by atoms with Gasteiger partial charge in [0.1, 0.15) is 16.4 Å². The molecule has 2 aliphatic rings. The van der Waals surface area contributed by atoms with Crippen LogP contribution in [0.4, 0.5) is 4.39 Å². The Bertz CT molecular complexity index is 1110. The molecule has 1 aromatic heterocycles. The van der Waals surface area contributed by atoms with Gasteiger partial charge < -0.3 is 15.2 Å². The Hall–Kier alpha value is -2.59. The molecule has 1 spiro atoms. The predicted octanol–water partition coefficient (Wildman–Crippen LogP) is 1.48. The number of rotatable bonds is 3. The van der Waals surface area contributed by atoms with Gasteiger partial charge in [-0.15, -0.1) is 0 Å². The van der Waals surface area contributed by atoms with Crippen LogP contribution in [0.1, 0.15) is 46.7 Å². The molecule has 0 aliphatic carbocycles. The molecule has 1 atom stereocenters. The lowest BCUT2D eigenvalue weighted by Gasteiger charge is -2.35. The quantitative estimate of drug-likeness (QED) is 0.735. The maximum atomic E-state index is 13.5. The first-order valence-corrected chi connectivity index (χ1v) is 11.5. The van der Waals surface area contributed by atoms with E-state index in [4.69, 9.17) is 4.74 Å². The molecule has 1 amide bonds. The molecule has 1 saturated heterocycles. The van der Waals surface area contributed by atoms with Crippen molar-refractivity contribution in [1.82, 2.24) is 14.9 Å². The second-order valence-electron chi connectivity index (χ2n) is 7.87. The fraction of sp³-hybridized carbons (Fsp3) is 0.476. The number of aryl methyl sites for hydroxylation is 1. The number of carbonyl (C=O) groups excluding carboxylic acids is 1. The molecule has 0 radical (unpaired) electrons. The third kappa shape index (κ3) is 3.89. The van der Waals surface area contributed by atoms with Crippen LogP contribution < -0.4 is 10.9 Å². The summed E-state index contributed by atoms with van der Waals surface area (Å²) in [7, 11) is -1.29. The summed E-state index contributed by atoms with van der Waals surface area (Å²) in [6.07, 6.45) is 1.36. The van der Waals surface area contributed by atoms with Crippen LogP contribution in [0.15, 0.2) is 23.0 Å². The minimum absolute atomic E-state index is 0.0738. The highest BCUT2D eigenvalue weighted by molar-refractivity contribution is 7.86. The summed E-state index contributed by atoms with van der Waals surface area (Å²) in [6, 6.07) is 4.46. The van der Waals surface area contributed by atoms with Crippen molar-refractivity contribution in [3.63, 3.8) is 0 Å². The molecule has 2 N–H and O–H groups in total. The molecule has 8 nitrogen and oxygen atoms in total. The van der Waals surface area contributed by atoms with Crippen molar-refractivity contribution in [2.24, 2.45) is 0 Å². The lowest BCUT2D eigenvalue weighted by molar-refractivity contribution is 0.0721. The van der Waals surface area contributed by atoms with Crippen LogP contribution in [0.5, 0.6) is 5.75 Å². The number of amides is 1. The van der Waals surface area contributed by atoms with Gasteiger partial charge in [-0.2, -0.15) is 0 Å². The van der Waals surface area contributed by atoms with Crippen LogP contribution in [0, 0.1) is 12.7 Å². The molecule has 3 heterocycles. The largest absolute Gasteiger partial charge is 0.501 e. The summed E-state index contributed by atoms with van der Waals surface area (Å²) < 4.78 is 32.5. The van der Waals surface area contributed by atoms with E-state index in [1.807, 2.05) is 0 Å². The third-order valence-electron chi connectivity index (χ3n) is 5.89. The number of benzene rings is 1. The SMILES string of the molecule is Cc1cc(CNC(=O)c2nc3n(c(=O)c2O)CCCS(=O)C32CCOCC2)ccc1F. The smallest absolute Gasteiger partial charge is 0.296 e. The molecule has 2 aliphatic heterocycles. The molecule has 1 unspecified atom stereocenters. The highest BCUT2D eigenvalue weighted by atomic mass is 32.2. The fourth-order valence-corrected chi connectivity index (χ4v) is 5.91. The van der Waals surface area contributed by atoms with Gasteiger partial charge in [0.15, 0.2) is 5.69 Å². The van der Waals surface area contributed by atoms with Crippen LogP contribution in [0.3, 0.4) is 0 Å². The minimum atomic E-state index is -1.29. The van der Waals surface area contributed by atoms with Gasteiger partial charge in [0, 0.05) is 42.9 Å². The molecule has 2 aromatic rings. The van der Waals surface area contributed by atoms with Gasteiger partial charge in [-0.25, -0.2) is 9.37 Å². The molecule has 0 bridgehead atoms. The average Bonchev–Trinajstić information content (AvgIpc) is 2.89. The number of hydrogen-bond donors (Lipinski definition) is 2. The molecule has 1 fully saturated rings. The minimum Gasteiger partial charge on any atom is -0.501 e. The van der Waals surface area contributed by atoms with Crippen LogP contribution in [0.2, 0.25) is 0 Å². The van der Waals surface area contributed by atoms with Gasteiger partial charge in [0.05, 0.1) is 0 Å². The van der Waals surface area contributed by atoms with Crippen LogP contribution in [0.25, 0.3) is 0 Å². The van der Waals surface area contributed by atoms with E-state index < -0.39 is 32.8 Å². The van der Waals surface area contributed by atoms with Crippen molar-refractivity contribution < 1.29 is 23.2 Å². The number of hydrogen-bond acceptors (Lipinski definition) is 6. The number of aromatic nitrogens is 2. The fourth-order valence-electron chi connectivity index (χ4n) is 4.14. The molecule has 10 heteroatoms. The second kappa shape index (κ2) is 8.51. The van der Waals surface area contributed by atoms with E-state index >= 15 is 0 Å². The number of fused-ring (bicyclic) bond motifs is 2. The summed E-state index contributed by atoms with van der Waals surface area (Å²) in [5, 5.41) is 13.1. The molecular formula is C21H24FN3O5S. The lowest BCUT2D eigenvalue weighted by Crippen LogP contribution is -2.43. The normalized spacial score (nSPS) is 20.1. The first-order chi connectivity index (χ1) is 14.8. The molecule has 4 rings (SSSR count). The maximum Gasteiger partial charge on any atom is 0.296 e. The van der Waals surface area contributed by atoms with Crippen molar-refractivity contribution >= 4 is 16.7 Å². The van der Waals surface area contributed by atoms with Gasteiger partial charge in [0.2, 0.25) is 5.75 Å². The highest BCUT2D eigenvalue weighted by Gasteiger charge is 2.46. The zero-order valence-electron chi connectivity index (χ0n) is 17.1. The van der Waals surface area contributed by atoms with E-state index in [0.717, 1.165) is 0 Å². The van der Waals surface area contributed by atoms with E-state index in [9.17, 15) is 23.3 Å². The summed E-state index contributed by atoms with van der Waals surface area (Å²) >= 11 is 0. The summed E-state index contributed by atoms with van der Waals surface area (Å²) in [4.78, 5) is 30.1. The average molecular weight is 450 g/mol. The first kappa shape index (κ1) is 21.6. The van der Waals surface area contributed by atoms with Crippen molar-refractivity contribution in [1.29, 1.82) is 0 Å². The summed E-state index contributed by atoms with van der Waals surface area (Å²) in [5.74, 6) is -1.11. The number of aromatic hydroxyl groups is 1. The first-order valence-electron chi connectivity index (χ1n) is 10.2. The van der Waals surface area contributed by atoms with Gasteiger partial charge in [-0.1, -0.05) is 12.1 Å². The van der Waals surface area contributed by atoms with E-state index in [2.05, 4.69) is 10.3 Å². The van der Waals surface area contributed by atoms with E-state index in [1.165, 1.54) is 10.6 Å². The standard InChI is InChI=1S/C21H24FN3O5S/c1-13-11-14(3-4-15(13)22)12-23-18(27)16-17(26)19(28)25-7-2-10-31(29)21(20(25)24-16)5-8-30-9-6-21/h3-4,11,26H,2,5-10,12H2,1H3,(H,23,27). The van der Waals surface area contributed by atoms with E-state index in [1.54, 1.807) is 19.1 Å². The summed E-state index contributed by atoms with van der Waals surface area (Å²) in [6.45, 7) is 2.74. The van der Waals surface area contributed by atoms with Crippen molar-refractivity contribution in [3.8, 4) is 5.75 Å². The number of nitrogens with one attached hydrogen (secondary N) is 1. The number of carbonyl (C=O) groups is 1. The lowest BCUT2D eigenvalue weighted by atomic mass is 9.97. The van der Waals surface area contributed by atoms with E-state index in [0.29, 0.717) is 49.4 Å². The van der Waals surface area contributed by atoms with Crippen LogP contribution in [-0.2, 0) is 33.4 Å². The Kier molecular flexibility index (Phi) is 5.94. The monoisotopic (exact) mass is 449 g/mol. The molecule has 0 saturated carbocycles. The number of ether oxygens (including phenoxy) is 1. The highest BCUT2D eigenvalue weighted by Crippen LogP contribution is 2.39. The maximum absolute atomic E-state index is 13.5. The van der Waals surface area contributed by atoms with Gasteiger partial charge >= 0.3 is 0 Å². The van der Waals surface area contributed by atoms with Gasteiger partial charge in [-0.05, 0) is 43.4 Å². The number of nitrogens with zero attached hydrogens (tertiary/aromatic N) is 2. The van der Waals surface area contributed by atoms with Gasteiger partial charge in [-0.3, -0.25) is 18.4 Å². The Morgan fingerprint density at radius 2 is 2.13 bits per heavy atom. The number of halogens is 1. The predicted molar refractivity (Wildman–Crippen MR) is 112 cm³/mol. The van der Waals surface area contributed by atoms with Gasteiger partial charge in [0.25, 0.3) is 11.5 Å². The topological polar surface area (TPSA) is 111 Å². The Balaban J connectivity index is 1.70. The zero-order valence-corrected chi connectivity index (χ0v) is 18.0. The summed E-state index contributed by atoms with van der Waals surface area (Å²) in [5.41, 5.74) is 0.0116. The molecule has 166 valence electrons. The Morgan fingerprint density at radius 1 is 1.39 bits per heavy atom. The third-order valence-corrected chi connectivity index (χ3v) is 8.01. The van der Waals surface area contributed by atoms with Crippen LogP contribution in [-0.4, -0.2) is 43.7 Å². The molecular weight excluding hydrogens is 425 g/mol. The van der Waals surface area contributed by atoms with Crippen molar-refractivity contribution in [2.75, 3.05) is 19.0 Å². The Morgan fingerprint density at radius 3 is 2.84 bits per heavy atom. The van der Waals surface area contributed by atoms with Crippen molar-refractivity contribution in [3.05, 3.63) is 57.0 Å². The molecule has 1 aromatic carbocycles. The second-order valence-corrected chi connectivity index (χ2v) is 9.75.